The van der Waals surface area contributed by atoms with E-state index in [0.29, 0.717) is 5.92 Å². The average molecular weight is 303 g/mol. The molecule has 0 aliphatic carbocycles. The van der Waals surface area contributed by atoms with E-state index < -0.39 is 0 Å². The first-order chi connectivity index (χ1) is 8.26. The summed E-state index contributed by atoms with van der Waals surface area (Å²) in [6.45, 7) is 10.4. The molecule has 0 aliphatic heterocycles. The molecule has 1 aromatic rings. The van der Waals surface area contributed by atoms with Gasteiger partial charge in [0.25, 0.3) is 0 Å². The van der Waals surface area contributed by atoms with Crippen molar-refractivity contribution < 1.29 is 5.11 Å². The van der Waals surface area contributed by atoms with Crippen LogP contribution in [0.5, 0.6) is 0 Å². The number of halogens is 1. The van der Waals surface area contributed by atoms with E-state index in [1.807, 2.05) is 39.8 Å². The summed E-state index contributed by atoms with van der Waals surface area (Å²) in [5, 5.41) is 9.03. The lowest BCUT2D eigenvalue weighted by Gasteiger charge is -2.10. The minimum atomic E-state index is 0.284. The fraction of sp³-hybridized carbons (Fsp3) is 0.600. The third kappa shape index (κ3) is 9.37. The van der Waals surface area contributed by atoms with E-state index in [4.69, 9.17) is 5.11 Å². The highest BCUT2D eigenvalue weighted by Crippen LogP contribution is 2.15. The summed E-state index contributed by atoms with van der Waals surface area (Å²) in [7, 11) is 0. The molecule has 0 saturated carbocycles. The highest BCUT2D eigenvalue weighted by molar-refractivity contribution is 9.10. The van der Waals surface area contributed by atoms with Crippen LogP contribution in [0.1, 0.15) is 46.6 Å². The first-order valence-corrected chi connectivity index (χ1v) is 7.40. The van der Waals surface area contributed by atoms with Crippen LogP contribution in [-0.2, 0) is 6.42 Å². The normalized spacial score (nSPS) is 10.5. The summed E-state index contributed by atoms with van der Waals surface area (Å²) in [5.74, 6) is 0.404. The third-order valence-corrected chi connectivity index (χ3v) is 2.80. The molecule has 1 rings (SSSR count). The Labute approximate surface area is 115 Å². The average Bonchev–Trinajstić information content (AvgIpc) is 2.42. The van der Waals surface area contributed by atoms with Crippen LogP contribution in [0.3, 0.4) is 0 Å². The standard InChI is InChI=1S/C11H15BrO.2C2H6/c1-2-9(8-13)7-10-3-5-11(12)6-4-10;2*1-2/h3-6,9,13H,2,7-8H2,1H3;2*1-2H3. The summed E-state index contributed by atoms with van der Waals surface area (Å²) in [6.07, 6.45) is 2.01. The van der Waals surface area contributed by atoms with Gasteiger partial charge in [-0.2, -0.15) is 0 Å². The van der Waals surface area contributed by atoms with Gasteiger partial charge in [-0.05, 0) is 30.0 Å². The molecule has 0 aromatic heterocycles. The summed E-state index contributed by atoms with van der Waals surface area (Å²) < 4.78 is 1.10. The number of rotatable bonds is 4. The molecular weight excluding hydrogens is 276 g/mol. The molecule has 0 bridgehead atoms. The molecule has 0 spiro atoms. The van der Waals surface area contributed by atoms with Crippen LogP contribution in [0.2, 0.25) is 0 Å². The molecule has 1 unspecified atom stereocenters. The lowest BCUT2D eigenvalue weighted by Crippen LogP contribution is -2.07. The van der Waals surface area contributed by atoms with E-state index >= 15 is 0 Å². The molecule has 2 heteroatoms. The molecule has 0 aliphatic rings. The number of aliphatic hydroxyl groups excluding tert-OH is 1. The van der Waals surface area contributed by atoms with Gasteiger partial charge in [-0.1, -0.05) is 69.1 Å². The zero-order chi connectivity index (χ0) is 13.7. The maximum Gasteiger partial charge on any atom is 0.0462 e. The monoisotopic (exact) mass is 302 g/mol. The lowest BCUT2D eigenvalue weighted by molar-refractivity contribution is 0.222. The highest BCUT2D eigenvalue weighted by Gasteiger charge is 2.05. The van der Waals surface area contributed by atoms with E-state index in [1.54, 1.807) is 0 Å². The van der Waals surface area contributed by atoms with Crippen LogP contribution in [0.15, 0.2) is 28.7 Å². The van der Waals surface area contributed by atoms with Crippen molar-refractivity contribution in [3.05, 3.63) is 34.3 Å². The van der Waals surface area contributed by atoms with Crippen molar-refractivity contribution in [1.29, 1.82) is 0 Å². The second kappa shape index (κ2) is 13.7. The van der Waals surface area contributed by atoms with Gasteiger partial charge in [-0.25, -0.2) is 0 Å². The molecule has 1 N–H and O–H groups in total. The van der Waals surface area contributed by atoms with Gasteiger partial charge in [0.15, 0.2) is 0 Å². The van der Waals surface area contributed by atoms with Gasteiger partial charge < -0.3 is 5.11 Å². The Morgan fingerprint density at radius 2 is 1.53 bits per heavy atom. The van der Waals surface area contributed by atoms with E-state index in [-0.39, 0.29) is 6.61 Å². The van der Waals surface area contributed by atoms with Crippen LogP contribution < -0.4 is 0 Å². The van der Waals surface area contributed by atoms with Crippen LogP contribution in [0.4, 0.5) is 0 Å². The predicted octanol–water partition coefficient (Wildman–Crippen LogP) is 5.06. The Bertz CT molecular complexity index is 240. The van der Waals surface area contributed by atoms with Crippen molar-refractivity contribution in [1.82, 2.24) is 0 Å². The summed E-state index contributed by atoms with van der Waals surface area (Å²) in [6, 6.07) is 8.28. The van der Waals surface area contributed by atoms with Crippen LogP contribution in [0, 0.1) is 5.92 Å². The van der Waals surface area contributed by atoms with Crippen molar-refractivity contribution in [2.75, 3.05) is 6.61 Å². The number of hydrogen-bond acceptors (Lipinski definition) is 1. The van der Waals surface area contributed by atoms with E-state index in [9.17, 15) is 0 Å². The quantitative estimate of drug-likeness (QED) is 0.824. The molecule has 1 atom stereocenters. The minimum Gasteiger partial charge on any atom is -0.396 e. The number of hydrogen-bond donors (Lipinski definition) is 1. The molecular formula is C15H27BrO. The molecule has 0 amide bonds. The van der Waals surface area contributed by atoms with Crippen molar-refractivity contribution in [2.24, 2.45) is 5.92 Å². The van der Waals surface area contributed by atoms with Gasteiger partial charge in [0, 0.05) is 11.1 Å². The maximum absolute atomic E-state index is 9.03. The summed E-state index contributed by atoms with van der Waals surface area (Å²) in [4.78, 5) is 0. The van der Waals surface area contributed by atoms with E-state index in [2.05, 4.69) is 35.0 Å². The van der Waals surface area contributed by atoms with Crippen molar-refractivity contribution in [2.45, 2.75) is 47.5 Å². The maximum atomic E-state index is 9.03. The Morgan fingerprint density at radius 3 is 1.88 bits per heavy atom. The van der Waals surface area contributed by atoms with Gasteiger partial charge >= 0.3 is 0 Å². The molecule has 17 heavy (non-hydrogen) atoms. The molecule has 0 saturated heterocycles. The molecule has 0 fully saturated rings. The zero-order valence-electron chi connectivity index (χ0n) is 11.8. The lowest BCUT2D eigenvalue weighted by atomic mass is 9.98. The number of aliphatic hydroxyl groups is 1. The second-order valence-electron chi connectivity index (χ2n) is 3.29. The third-order valence-electron chi connectivity index (χ3n) is 2.27. The van der Waals surface area contributed by atoms with Gasteiger partial charge in [0.1, 0.15) is 0 Å². The fourth-order valence-electron chi connectivity index (χ4n) is 1.29. The minimum absolute atomic E-state index is 0.284. The topological polar surface area (TPSA) is 20.2 Å². The first-order valence-electron chi connectivity index (χ1n) is 6.61. The number of benzene rings is 1. The highest BCUT2D eigenvalue weighted by atomic mass is 79.9. The second-order valence-corrected chi connectivity index (χ2v) is 4.20. The van der Waals surface area contributed by atoms with E-state index in [0.717, 1.165) is 17.3 Å². The smallest absolute Gasteiger partial charge is 0.0462 e. The van der Waals surface area contributed by atoms with Gasteiger partial charge in [0.2, 0.25) is 0 Å². The zero-order valence-corrected chi connectivity index (χ0v) is 13.4. The van der Waals surface area contributed by atoms with Crippen LogP contribution in [0.25, 0.3) is 0 Å². The Kier molecular flexibility index (Phi) is 15.3. The Morgan fingerprint density at radius 1 is 1.06 bits per heavy atom. The van der Waals surface area contributed by atoms with Crippen molar-refractivity contribution in [3.8, 4) is 0 Å². The van der Waals surface area contributed by atoms with Gasteiger partial charge in [-0.15, -0.1) is 0 Å². The van der Waals surface area contributed by atoms with E-state index in [1.165, 1.54) is 5.56 Å². The summed E-state index contributed by atoms with van der Waals surface area (Å²) >= 11 is 3.40. The fourth-order valence-corrected chi connectivity index (χ4v) is 1.56. The molecule has 0 heterocycles. The first kappa shape index (κ1) is 19.0. The molecule has 1 aromatic carbocycles. The van der Waals surface area contributed by atoms with Crippen LogP contribution >= 0.6 is 15.9 Å². The van der Waals surface area contributed by atoms with Crippen LogP contribution in [-0.4, -0.2) is 11.7 Å². The SMILES string of the molecule is CC.CC.CCC(CO)Cc1ccc(Br)cc1. The van der Waals surface area contributed by atoms with Gasteiger partial charge in [0.05, 0.1) is 0 Å². The largest absolute Gasteiger partial charge is 0.396 e. The van der Waals surface area contributed by atoms with Crippen molar-refractivity contribution >= 4 is 15.9 Å². The van der Waals surface area contributed by atoms with Gasteiger partial charge in [-0.3, -0.25) is 0 Å². The molecule has 100 valence electrons. The molecule has 1 nitrogen and oxygen atoms in total. The predicted molar refractivity (Wildman–Crippen MR) is 81.4 cm³/mol. The van der Waals surface area contributed by atoms with Crippen molar-refractivity contribution in [3.63, 3.8) is 0 Å². The Balaban J connectivity index is 0. The molecule has 0 radical (unpaired) electrons. The summed E-state index contributed by atoms with van der Waals surface area (Å²) in [5.41, 5.74) is 1.30. The Hall–Kier alpha value is -0.340.